The number of rotatable bonds is 0. The Labute approximate surface area is 56.6 Å². The number of halogens is 2. The largest absolute Gasteiger partial charge is 0.357 e. The van der Waals surface area contributed by atoms with Crippen molar-refractivity contribution in [3.05, 3.63) is 24.1 Å². The fraction of sp³-hybridized carbons (Fsp3) is 0.333. The van der Waals surface area contributed by atoms with Crippen molar-refractivity contribution in [3.8, 4) is 0 Å². The summed E-state index contributed by atoms with van der Waals surface area (Å²) in [6, 6.07) is -1.17. The predicted molar refractivity (Wildman–Crippen MR) is 32.4 cm³/mol. The fourth-order valence-corrected chi connectivity index (χ4v) is 0.668. The molecule has 0 fully saturated rings. The van der Waals surface area contributed by atoms with Gasteiger partial charge in [-0.25, -0.2) is 8.78 Å². The van der Waals surface area contributed by atoms with E-state index in [9.17, 15) is 8.78 Å². The van der Waals surface area contributed by atoms with Crippen LogP contribution >= 0.6 is 0 Å². The van der Waals surface area contributed by atoms with Crippen LogP contribution < -0.4 is 5.73 Å². The average molecular weight is 147 g/mol. The van der Waals surface area contributed by atoms with Crippen LogP contribution in [0.25, 0.3) is 0 Å². The number of hydrogen-bond acceptors (Lipinski definition) is 2. The fourth-order valence-electron chi connectivity index (χ4n) is 0.668. The summed E-state index contributed by atoms with van der Waals surface area (Å²) in [4.78, 5) is 0. The molecule has 1 aliphatic rings. The van der Waals surface area contributed by atoms with Crippen molar-refractivity contribution >= 4 is 0 Å². The zero-order valence-corrected chi connectivity index (χ0v) is 5.09. The van der Waals surface area contributed by atoms with E-state index < -0.39 is 17.7 Å². The number of hydrogen-bond donors (Lipinski definition) is 2. The third kappa shape index (κ3) is 1.22. The Morgan fingerprint density at radius 1 is 1.70 bits per heavy atom. The Bertz CT molecular complexity index is 198. The molecule has 0 bridgehead atoms. The van der Waals surface area contributed by atoms with E-state index in [1.54, 1.807) is 0 Å². The zero-order chi connectivity index (χ0) is 7.78. The van der Waals surface area contributed by atoms with Crippen LogP contribution in [0.1, 0.15) is 0 Å². The second-order valence-electron chi connectivity index (χ2n) is 2.14. The lowest BCUT2D eigenvalue weighted by molar-refractivity contribution is -0.0534. The first kappa shape index (κ1) is 7.37. The molecule has 3 N–H and O–H groups in total. The van der Waals surface area contributed by atoms with E-state index >= 15 is 0 Å². The van der Waals surface area contributed by atoms with Gasteiger partial charge in [0.25, 0.3) is 0 Å². The Morgan fingerprint density at radius 2 is 2.30 bits per heavy atom. The van der Waals surface area contributed by atoms with Crippen LogP contribution in [0.5, 0.6) is 0 Å². The van der Waals surface area contributed by atoms with Crippen molar-refractivity contribution in [3.63, 3.8) is 0 Å². The van der Waals surface area contributed by atoms with Crippen molar-refractivity contribution < 1.29 is 13.9 Å². The second kappa shape index (κ2) is 2.14. The van der Waals surface area contributed by atoms with Crippen molar-refractivity contribution in [2.24, 2.45) is 5.73 Å². The smallest absolute Gasteiger partial charge is 0.248 e. The molecule has 2 atom stereocenters. The third-order valence-corrected chi connectivity index (χ3v) is 1.27. The minimum Gasteiger partial charge on any atom is -0.357 e. The molecule has 0 spiro atoms. The minimum atomic E-state index is -2.74. The van der Waals surface area contributed by atoms with Crippen LogP contribution in [-0.4, -0.2) is 17.0 Å². The quantitative estimate of drug-likeness (QED) is 0.520. The van der Waals surface area contributed by atoms with Gasteiger partial charge >= 0.3 is 0 Å². The van der Waals surface area contributed by atoms with Gasteiger partial charge in [0, 0.05) is 6.08 Å². The summed E-state index contributed by atoms with van der Waals surface area (Å²) in [6.07, 6.45) is 2.52. The lowest BCUT2D eigenvalue weighted by Crippen LogP contribution is -2.42. The van der Waals surface area contributed by atoms with Gasteiger partial charge in [-0.15, -0.1) is 0 Å². The monoisotopic (exact) mass is 147 g/mol. The topological polar surface area (TPSA) is 46.2 Å². The second-order valence-corrected chi connectivity index (χ2v) is 2.14. The van der Waals surface area contributed by atoms with Gasteiger partial charge in [-0.1, -0.05) is 6.08 Å². The number of nitrogens with two attached hydrogens (primary N) is 1. The van der Waals surface area contributed by atoms with Crippen LogP contribution in [0.3, 0.4) is 0 Å². The van der Waals surface area contributed by atoms with E-state index in [1.807, 2.05) is 0 Å². The molecule has 0 aromatic rings. The number of allylic oxidation sites excluding steroid dienone is 2. The minimum absolute atomic E-state index is 0.442. The van der Waals surface area contributed by atoms with Crippen LogP contribution in [0.15, 0.2) is 24.1 Å². The molecule has 0 saturated carbocycles. The summed E-state index contributed by atoms with van der Waals surface area (Å²) in [5.41, 5.74) is 5.05. The summed E-state index contributed by atoms with van der Waals surface area (Å²) < 4.78 is 24.7. The Balaban J connectivity index is 2.88. The highest BCUT2D eigenvalue weighted by Gasteiger charge is 2.32. The summed E-state index contributed by atoms with van der Waals surface area (Å²) >= 11 is 0. The zero-order valence-electron chi connectivity index (χ0n) is 5.09. The molecule has 56 valence electrons. The van der Waals surface area contributed by atoms with Crippen molar-refractivity contribution in [1.82, 2.24) is 0 Å². The molecule has 0 saturated heterocycles. The van der Waals surface area contributed by atoms with Gasteiger partial charge < -0.3 is 10.8 Å². The first-order valence-corrected chi connectivity index (χ1v) is 2.76. The first-order chi connectivity index (χ1) is 4.52. The molecular weight excluding hydrogens is 140 g/mol. The predicted octanol–water partition coefficient (Wildman–Crippen LogP) is 0.395. The Kier molecular flexibility index (Phi) is 1.58. The van der Waals surface area contributed by atoms with Gasteiger partial charge in [0.05, 0.1) is 6.04 Å². The van der Waals surface area contributed by atoms with E-state index in [0.29, 0.717) is 6.08 Å². The standard InChI is InChI=1S/C6H7F2NO/c7-4-1-2-5(9)6(8,10)3-4/h1-3,5,10H,9H2. The highest BCUT2D eigenvalue weighted by molar-refractivity contribution is 5.25. The maximum absolute atomic E-state index is 12.6. The molecule has 0 amide bonds. The summed E-state index contributed by atoms with van der Waals surface area (Å²) in [6.45, 7) is 0. The van der Waals surface area contributed by atoms with Crippen molar-refractivity contribution in [2.45, 2.75) is 11.9 Å². The Hall–Kier alpha value is -0.740. The van der Waals surface area contributed by atoms with Crippen LogP contribution in [0, 0.1) is 0 Å². The molecule has 0 aliphatic heterocycles. The lowest BCUT2D eigenvalue weighted by atomic mass is 10.0. The maximum atomic E-state index is 12.6. The lowest BCUT2D eigenvalue weighted by Gasteiger charge is -2.22. The van der Waals surface area contributed by atoms with Crippen molar-refractivity contribution in [1.29, 1.82) is 0 Å². The molecule has 2 nitrogen and oxygen atoms in total. The molecule has 10 heavy (non-hydrogen) atoms. The molecule has 0 radical (unpaired) electrons. The van der Waals surface area contributed by atoms with Gasteiger partial charge in [0.2, 0.25) is 5.85 Å². The van der Waals surface area contributed by atoms with Gasteiger partial charge in [-0.2, -0.15) is 0 Å². The molecule has 1 rings (SSSR count). The van der Waals surface area contributed by atoms with Crippen molar-refractivity contribution in [2.75, 3.05) is 0 Å². The third-order valence-electron chi connectivity index (χ3n) is 1.27. The van der Waals surface area contributed by atoms with Gasteiger partial charge in [0.15, 0.2) is 0 Å². The Morgan fingerprint density at radius 3 is 2.70 bits per heavy atom. The van der Waals surface area contributed by atoms with Crippen LogP contribution in [-0.2, 0) is 0 Å². The van der Waals surface area contributed by atoms with Gasteiger partial charge in [-0.3, -0.25) is 0 Å². The average Bonchev–Trinajstić information content (AvgIpc) is 1.78. The van der Waals surface area contributed by atoms with Gasteiger partial charge in [-0.05, 0) is 6.08 Å². The normalized spacial score (nSPS) is 39.6. The summed E-state index contributed by atoms with van der Waals surface area (Å²) in [5, 5.41) is 8.65. The highest BCUT2D eigenvalue weighted by Crippen LogP contribution is 2.21. The van der Waals surface area contributed by atoms with Gasteiger partial charge in [0.1, 0.15) is 5.83 Å². The molecule has 0 aromatic carbocycles. The highest BCUT2D eigenvalue weighted by atomic mass is 19.2. The number of alkyl halides is 1. The molecule has 4 heteroatoms. The SMILES string of the molecule is NC1C=CC(F)=CC1(O)F. The molecular formula is C6H7F2NO. The summed E-state index contributed by atoms with van der Waals surface area (Å²) in [7, 11) is 0. The maximum Gasteiger partial charge on any atom is 0.248 e. The van der Waals surface area contributed by atoms with E-state index in [0.717, 1.165) is 12.2 Å². The van der Waals surface area contributed by atoms with E-state index in [4.69, 9.17) is 10.8 Å². The van der Waals surface area contributed by atoms with E-state index in [2.05, 4.69) is 0 Å². The molecule has 0 aromatic heterocycles. The van der Waals surface area contributed by atoms with Crippen LogP contribution in [0.2, 0.25) is 0 Å². The summed E-state index contributed by atoms with van der Waals surface area (Å²) in [5.74, 6) is -3.55. The number of aliphatic hydroxyl groups is 1. The molecule has 2 unspecified atom stereocenters. The first-order valence-electron chi connectivity index (χ1n) is 2.76. The van der Waals surface area contributed by atoms with E-state index in [-0.39, 0.29) is 0 Å². The van der Waals surface area contributed by atoms with E-state index in [1.165, 1.54) is 0 Å². The molecule has 1 aliphatic carbocycles. The molecule has 0 heterocycles. The van der Waals surface area contributed by atoms with Crippen LogP contribution in [0.4, 0.5) is 8.78 Å².